The lowest BCUT2D eigenvalue weighted by atomic mass is 10.1. The van der Waals surface area contributed by atoms with Crippen LogP contribution in [0.15, 0.2) is 52.7 Å². The molecule has 2 aromatic heterocycles. The van der Waals surface area contributed by atoms with Gasteiger partial charge in [0.15, 0.2) is 5.16 Å². The van der Waals surface area contributed by atoms with Crippen molar-refractivity contribution in [2.24, 2.45) is 5.92 Å². The monoisotopic (exact) mass is 352 g/mol. The lowest BCUT2D eigenvalue weighted by molar-refractivity contribution is -0.119. The molecule has 7 heteroatoms. The van der Waals surface area contributed by atoms with E-state index in [1.54, 1.807) is 23.9 Å². The van der Waals surface area contributed by atoms with Gasteiger partial charge in [-0.05, 0) is 19.1 Å². The first-order chi connectivity index (χ1) is 12.1. The van der Waals surface area contributed by atoms with Crippen LogP contribution in [0.25, 0.3) is 10.9 Å². The molecule has 4 rings (SSSR count). The number of aryl methyl sites for hydroxylation is 1. The van der Waals surface area contributed by atoms with Crippen molar-refractivity contribution in [1.82, 2.24) is 14.5 Å². The molecule has 126 valence electrons. The minimum Gasteiger partial charge on any atom is -0.324 e. The standard InChI is InChI=1S/C18H16N4O2S/c1-11-8-20-18-22(17(11)24)9-13(10-25-18)16(23)21-14-6-2-4-12-5-3-7-19-15(12)14/h2-8,13H,9-10H2,1H3,(H,21,23)/t13-/m1/s1. The molecule has 0 bridgehead atoms. The van der Waals surface area contributed by atoms with Crippen molar-refractivity contribution in [3.8, 4) is 0 Å². The van der Waals surface area contributed by atoms with E-state index >= 15 is 0 Å². The van der Waals surface area contributed by atoms with Crippen molar-refractivity contribution in [3.05, 3.63) is 58.6 Å². The number of fused-ring (bicyclic) bond motifs is 2. The zero-order valence-corrected chi connectivity index (χ0v) is 14.4. The van der Waals surface area contributed by atoms with Crippen molar-refractivity contribution in [2.75, 3.05) is 11.1 Å². The van der Waals surface area contributed by atoms with Crippen molar-refractivity contribution in [3.63, 3.8) is 0 Å². The highest BCUT2D eigenvalue weighted by molar-refractivity contribution is 7.99. The normalized spacial score (nSPS) is 16.4. The number of anilines is 1. The van der Waals surface area contributed by atoms with Crippen LogP contribution in [0.2, 0.25) is 0 Å². The number of nitrogens with zero attached hydrogens (tertiary/aromatic N) is 3. The highest BCUT2D eigenvalue weighted by Gasteiger charge is 2.27. The first-order valence-corrected chi connectivity index (χ1v) is 8.96. The molecule has 1 amide bonds. The predicted octanol–water partition coefficient (Wildman–Crippen LogP) is 2.46. The molecule has 0 unspecified atom stereocenters. The van der Waals surface area contributed by atoms with Gasteiger partial charge in [-0.3, -0.25) is 19.1 Å². The number of rotatable bonds is 2. The van der Waals surface area contributed by atoms with E-state index in [2.05, 4.69) is 15.3 Å². The summed E-state index contributed by atoms with van der Waals surface area (Å²) in [5, 5.41) is 4.61. The molecule has 3 heterocycles. The number of amides is 1. The first kappa shape index (κ1) is 15.8. The number of carbonyl (C=O) groups excluding carboxylic acids is 1. The number of para-hydroxylation sites is 1. The van der Waals surface area contributed by atoms with Crippen LogP contribution in [0.3, 0.4) is 0 Å². The Hall–Kier alpha value is -2.67. The molecule has 0 aliphatic carbocycles. The summed E-state index contributed by atoms with van der Waals surface area (Å²) < 4.78 is 1.59. The Morgan fingerprint density at radius 3 is 3.00 bits per heavy atom. The molecule has 0 saturated carbocycles. The topological polar surface area (TPSA) is 76.9 Å². The molecule has 1 aliphatic rings. The molecule has 0 fully saturated rings. The maximum Gasteiger partial charge on any atom is 0.257 e. The number of carbonyl (C=O) groups is 1. The lowest BCUT2D eigenvalue weighted by Gasteiger charge is -2.24. The van der Waals surface area contributed by atoms with Crippen molar-refractivity contribution >= 4 is 34.3 Å². The molecule has 0 saturated heterocycles. The van der Waals surface area contributed by atoms with Crippen molar-refractivity contribution < 1.29 is 4.79 Å². The maximum absolute atomic E-state index is 12.7. The van der Waals surface area contributed by atoms with E-state index in [1.807, 2.05) is 30.3 Å². The van der Waals surface area contributed by atoms with Gasteiger partial charge in [0.1, 0.15) is 0 Å². The molecular weight excluding hydrogens is 336 g/mol. The van der Waals surface area contributed by atoms with E-state index in [1.165, 1.54) is 11.8 Å². The Morgan fingerprint density at radius 1 is 1.28 bits per heavy atom. The number of nitrogens with one attached hydrogen (secondary N) is 1. The number of aromatic nitrogens is 3. The van der Waals surface area contributed by atoms with Gasteiger partial charge in [0.05, 0.1) is 17.1 Å². The molecule has 0 radical (unpaired) electrons. The van der Waals surface area contributed by atoms with Gasteiger partial charge >= 0.3 is 0 Å². The highest BCUT2D eigenvalue weighted by Crippen LogP contribution is 2.27. The van der Waals surface area contributed by atoms with Gasteiger partial charge in [0.25, 0.3) is 5.56 Å². The third-order valence-electron chi connectivity index (χ3n) is 4.26. The average Bonchev–Trinajstić information content (AvgIpc) is 2.65. The average molecular weight is 352 g/mol. The summed E-state index contributed by atoms with van der Waals surface area (Å²) >= 11 is 1.44. The first-order valence-electron chi connectivity index (χ1n) is 7.97. The summed E-state index contributed by atoms with van der Waals surface area (Å²) in [5.74, 6) is 0.196. The molecule has 1 aliphatic heterocycles. The molecule has 1 N–H and O–H groups in total. The second-order valence-corrected chi connectivity index (χ2v) is 7.00. The smallest absolute Gasteiger partial charge is 0.257 e. The van der Waals surface area contributed by atoms with E-state index in [0.29, 0.717) is 28.7 Å². The van der Waals surface area contributed by atoms with Crippen LogP contribution >= 0.6 is 11.8 Å². The van der Waals surface area contributed by atoms with Crippen LogP contribution < -0.4 is 10.9 Å². The predicted molar refractivity (Wildman–Crippen MR) is 97.8 cm³/mol. The van der Waals surface area contributed by atoms with E-state index in [9.17, 15) is 9.59 Å². The molecule has 1 aromatic carbocycles. The Kier molecular flexibility index (Phi) is 4.01. The SMILES string of the molecule is Cc1cnc2n(c1=O)C[C@@H](C(=O)Nc1cccc3cccnc13)CS2. The fourth-order valence-electron chi connectivity index (χ4n) is 2.90. The number of pyridine rings is 1. The Bertz CT molecular complexity index is 1030. The second kappa shape index (κ2) is 6.33. The fourth-order valence-corrected chi connectivity index (χ4v) is 3.95. The molecule has 25 heavy (non-hydrogen) atoms. The quantitative estimate of drug-likeness (QED) is 0.717. The number of thioether (sulfide) groups is 1. The summed E-state index contributed by atoms with van der Waals surface area (Å²) in [4.78, 5) is 33.7. The zero-order chi connectivity index (χ0) is 17.4. The lowest BCUT2D eigenvalue weighted by Crippen LogP contribution is -2.37. The van der Waals surface area contributed by atoms with Crippen LogP contribution in [0.5, 0.6) is 0 Å². The minimum atomic E-state index is -0.294. The number of hydrogen-bond acceptors (Lipinski definition) is 5. The van der Waals surface area contributed by atoms with Gasteiger partial charge in [-0.15, -0.1) is 0 Å². The summed E-state index contributed by atoms with van der Waals surface area (Å²) in [6.07, 6.45) is 3.29. The van der Waals surface area contributed by atoms with Gasteiger partial charge in [-0.1, -0.05) is 30.0 Å². The Balaban J connectivity index is 1.60. The Morgan fingerprint density at radius 2 is 2.12 bits per heavy atom. The summed E-state index contributed by atoms with van der Waals surface area (Å²) in [6.45, 7) is 2.08. The third-order valence-corrected chi connectivity index (χ3v) is 5.41. The summed E-state index contributed by atoms with van der Waals surface area (Å²) in [7, 11) is 0. The third kappa shape index (κ3) is 2.91. The van der Waals surface area contributed by atoms with Gasteiger partial charge in [-0.25, -0.2) is 4.98 Å². The van der Waals surface area contributed by atoms with Gasteiger partial charge in [-0.2, -0.15) is 0 Å². The van der Waals surface area contributed by atoms with Gasteiger partial charge < -0.3 is 5.32 Å². The molecule has 6 nitrogen and oxygen atoms in total. The maximum atomic E-state index is 12.7. The van der Waals surface area contributed by atoms with Crippen molar-refractivity contribution in [1.29, 1.82) is 0 Å². The van der Waals surface area contributed by atoms with Crippen LogP contribution in [0.1, 0.15) is 5.56 Å². The summed E-state index contributed by atoms with van der Waals surface area (Å²) in [6, 6.07) is 9.51. The number of benzene rings is 1. The largest absolute Gasteiger partial charge is 0.324 e. The second-order valence-electron chi connectivity index (χ2n) is 6.02. The molecular formula is C18H16N4O2S. The van der Waals surface area contributed by atoms with E-state index in [-0.39, 0.29) is 17.4 Å². The molecule has 3 aromatic rings. The van der Waals surface area contributed by atoms with Gasteiger partial charge in [0.2, 0.25) is 5.91 Å². The van der Waals surface area contributed by atoms with Crippen LogP contribution in [0, 0.1) is 12.8 Å². The van der Waals surface area contributed by atoms with Gasteiger partial charge in [0, 0.05) is 35.6 Å². The van der Waals surface area contributed by atoms with E-state index in [0.717, 1.165) is 10.9 Å². The zero-order valence-electron chi connectivity index (χ0n) is 13.6. The summed E-state index contributed by atoms with van der Waals surface area (Å²) in [5.41, 5.74) is 1.95. The van der Waals surface area contributed by atoms with E-state index < -0.39 is 0 Å². The fraction of sp³-hybridized carbons (Fsp3) is 0.222. The van der Waals surface area contributed by atoms with E-state index in [4.69, 9.17) is 0 Å². The van der Waals surface area contributed by atoms with Crippen LogP contribution in [-0.4, -0.2) is 26.2 Å². The minimum absolute atomic E-state index is 0.0816. The number of hydrogen-bond donors (Lipinski definition) is 1. The highest BCUT2D eigenvalue weighted by atomic mass is 32.2. The van der Waals surface area contributed by atoms with Crippen LogP contribution in [0.4, 0.5) is 5.69 Å². The Labute approximate surface area is 148 Å². The molecule has 1 atom stereocenters. The van der Waals surface area contributed by atoms with Crippen molar-refractivity contribution in [2.45, 2.75) is 18.6 Å². The van der Waals surface area contributed by atoms with Crippen LogP contribution in [-0.2, 0) is 11.3 Å². The molecule has 0 spiro atoms.